The zero-order chi connectivity index (χ0) is 25.2. The van der Waals surface area contributed by atoms with Crippen LogP contribution in [0.4, 0.5) is 5.69 Å². The van der Waals surface area contributed by atoms with Crippen molar-refractivity contribution in [3.63, 3.8) is 0 Å². The van der Waals surface area contributed by atoms with Crippen molar-refractivity contribution in [2.75, 3.05) is 7.11 Å². The van der Waals surface area contributed by atoms with E-state index in [1.54, 1.807) is 13.3 Å². The number of nitrogens with zero attached hydrogens (tertiary/aromatic N) is 3. The number of thioether (sulfide) groups is 1. The SMILES string of the molecule is COc1ccc(N=C2SC3C(C(N)=O)CC(O)C(O)C3N2Cc2ccc(-c3ccccn3)cc2)cc1. The van der Waals surface area contributed by atoms with Crippen molar-refractivity contribution in [2.24, 2.45) is 16.6 Å². The Hall–Kier alpha value is -3.40. The molecule has 186 valence electrons. The highest BCUT2D eigenvalue weighted by Gasteiger charge is 2.54. The van der Waals surface area contributed by atoms with Gasteiger partial charge in [-0.2, -0.15) is 0 Å². The van der Waals surface area contributed by atoms with Gasteiger partial charge in [0.2, 0.25) is 5.91 Å². The number of ether oxygens (including phenoxy) is 1. The van der Waals surface area contributed by atoms with E-state index in [9.17, 15) is 15.0 Å². The zero-order valence-corrected chi connectivity index (χ0v) is 20.6. The molecule has 1 aliphatic carbocycles. The Balaban J connectivity index is 1.48. The summed E-state index contributed by atoms with van der Waals surface area (Å²) in [5, 5.41) is 21.9. The number of pyridine rings is 1. The molecule has 0 spiro atoms. The lowest BCUT2D eigenvalue weighted by Crippen LogP contribution is -2.58. The second kappa shape index (κ2) is 10.3. The summed E-state index contributed by atoms with van der Waals surface area (Å²) in [6.45, 7) is 0.445. The predicted octanol–water partition coefficient (Wildman–Crippen LogP) is 2.96. The molecule has 5 rings (SSSR count). The number of methoxy groups -OCH3 is 1. The summed E-state index contributed by atoms with van der Waals surface area (Å²) in [6.07, 6.45) is -0.182. The first-order valence-corrected chi connectivity index (χ1v) is 12.6. The van der Waals surface area contributed by atoms with Crippen LogP contribution in [0.2, 0.25) is 0 Å². The Morgan fingerprint density at radius 2 is 1.89 bits per heavy atom. The Morgan fingerprint density at radius 1 is 1.14 bits per heavy atom. The second-order valence-electron chi connectivity index (χ2n) is 9.01. The van der Waals surface area contributed by atoms with Gasteiger partial charge in [-0.25, -0.2) is 4.99 Å². The number of rotatable bonds is 6. The van der Waals surface area contributed by atoms with Gasteiger partial charge in [0.15, 0.2) is 5.17 Å². The highest BCUT2D eigenvalue weighted by Crippen LogP contribution is 2.45. The number of fused-ring (bicyclic) bond motifs is 1. The number of aromatic nitrogens is 1. The highest BCUT2D eigenvalue weighted by molar-refractivity contribution is 8.14. The van der Waals surface area contributed by atoms with Gasteiger partial charge in [0, 0.05) is 23.6 Å². The van der Waals surface area contributed by atoms with Gasteiger partial charge in [0.1, 0.15) is 11.9 Å². The lowest BCUT2D eigenvalue weighted by Gasteiger charge is -2.41. The van der Waals surface area contributed by atoms with Gasteiger partial charge in [-0.15, -0.1) is 0 Å². The fourth-order valence-electron chi connectivity index (χ4n) is 4.84. The van der Waals surface area contributed by atoms with Crippen molar-refractivity contribution >= 4 is 28.5 Å². The maximum absolute atomic E-state index is 12.3. The van der Waals surface area contributed by atoms with Crippen LogP contribution in [-0.4, -0.2) is 61.8 Å². The third-order valence-electron chi connectivity index (χ3n) is 6.75. The molecular formula is C27H28N4O4S. The van der Waals surface area contributed by atoms with E-state index in [1.807, 2.05) is 71.6 Å². The minimum Gasteiger partial charge on any atom is -0.497 e. The molecule has 2 aromatic carbocycles. The molecule has 4 N–H and O–H groups in total. The molecule has 3 aromatic rings. The normalized spacial score (nSPS) is 26.6. The fourth-order valence-corrected chi connectivity index (χ4v) is 6.42. The molecule has 2 heterocycles. The summed E-state index contributed by atoms with van der Waals surface area (Å²) in [5.41, 5.74) is 9.32. The summed E-state index contributed by atoms with van der Waals surface area (Å²) in [5.74, 6) is -0.325. The van der Waals surface area contributed by atoms with E-state index in [2.05, 4.69) is 4.98 Å². The monoisotopic (exact) mass is 504 g/mol. The Bertz CT molecular complexity index is 1240. The smallest absolute Gasteiger partial charge is 0.221 e. The van der Waals surface area contributed by atoms with E-state index in [4.69, 9.17) is 15.5 Å². The van der Waals surface area contributed by atoms with Crippen molar-refractivity contribution in [1.82, 2.24) is 9.88 Å². The van der Waals surface area contributed by atoms with E-state index in [0.717, 1.165) is 28.3 Å². The number of hydrogen-bond acceptors (Lipinski definition) is 7. The van der Waals surface area contributed by atoms with Gasteiger partial charge in [-0.05, 0) is 48.4 Å². The number of aliphatic hydroxyl groups excluding tert-OH is 2. The number of benzene rings is 2. The van der Waals surface area contributed by atoms with Gasteiger partial charge >= 0.3 is 0 Å². The predicted molar refractivity (Wildman–Crippen MR) is 140 cm³/mol. The number of hydrogen-bond donors (Lipinski definition) is 3. The van der Waals surface area contributed by atoms with Crippen molar-refractivity contribution in [2.45, 2.75) is 36.5 Å². The molecule has 1 saturated carbocycles. The lowest BCUT2D eigenvalue weighted by atomic mass is 9.80. The van der Waals surface area contributed by atoms with Gasteiger partial charge < -0.3 is 25.6 Å². The summed E-state index contributed by atoms with van der Waals surface area (Å²) in [7, 11) is 1.61. The van der Waals surface area contributed by atoms with Crippen LogP contribution in [-0.2, 0) is 11.3 Å². The van der Waals surface area contributed by atoms with Gasteiger partial charge in [0.25, 0.3) is 0 Å². The van der Waals surface area contributed by atoms with Crippen LogP contribution in [0.25, 0.3) is 11.3 Å². The summed E-state index contributed by atoms with van der Waals surface area (Å²) in [6, 6.07) is 20.7. The molecule has 0 bridgehead atoms. The number of aliphatic hydroxyl groups is 2. The number of amidine groups is 1. The molecule has 1 aliphatic heterocycles. The molecule has 1 aromatic heterocycles. The minimum absolute atomic E-state index is 0.132. The van der Waals surface area contributed by atoms with Crippen molar-refractivity contribution in [3.8, 4) is 17.0 Å². The molecule has 5 unspecified atom stereocenters. The van der Waals surface area contributed by atoms with Crippen LogP contribution < -0.4 is 10.5 Å². The maximum atomic E-state index is 12.3. The number of amides is 1. The molecule has 8 nitrogen and oxygen atoms in total. The van der Waals surface area contributed by atoms with Crippen molar-refractivity contribution < 1.29 is 19.7 Å². The van der Waals surface area contributed by atoms with Crippen LogP contribution >= 0.6 is 11.8 Å². The van der Waals surface area contributed by atoms with Gasteiger partial charge in [-0.3, -0.25) is 9.78 Å². The Labute approximate surface area is 213 Å². The van der Waals surface area contributed by atoms with E-state index in [1.165, 1.54) is 11.8 Å². The molecule has 2 aliphatic rings. The van der Waals surface area contributed by atoms with Gasteiger partial charge in [0.05, 0.1) is 36.6 Å². The number of aliphatic imine (C=N–C) groups is 1. The minimum atomic E-state index is -1.04. The van der Waals surface area contributed by atoms with E-state index in [0.29, 0.717) is 11.7 Å². The Kier molecular flexibility index (Phi) is 6.95. The van der Waals surface area contributed by atoms with Crippen LogP contribution in [0.15, 0.2) is 77.9 Å². The average molecular weight is 505 g/mol. The number of carbonyl (C=O) groups is 1. The van der Waals surface area contributed by atoms with Crippen LogP contribution in [0.5, 0.6) is 5.75 Å². The molecule has 36 heavy (non-hydrogen) atoms. The number of primary amides is 1. The zero-order valence-electron chi connectivity index (χ0n) is 19.8. The Morgan fingerprint density at radius 3 is 2.53 bits per heavy atom. The summed E-state index contributed by atoms with van der Waals surface area (Å²) >= 11 is 1.43. The molecule has 5 atom stereocenters. The number of nitrogens with two attached hydrogens (primary N) is 1. The van der Waals surface area contributed by atoms with Crippen molar-refractivity contribution in [1.29, 1.82) is 0 Å². The summed E-state index contributed by atoms with van der Waals surface area (Å²) in [4.78, 5) is 23.5. The van der Waals surface area contributed by atoms with Gasteiger partial charge in [-0.1, -0.05) is 42.1 Å². The van der Waals surface area contributed by atoms with Crippen LogP contribution in [0.1, 0.15) is 12.0 Å². The second-order valence-corrected chi connectivity index (χ2v) is 10.2. The van der Waals surface area contributed by atoms with E-state index < -0.39 is 30.1 Å². The highest BCUT2D eigenvalue weighted by atomic mass is 32.2. The first-order chi connectivity index (χ1) is 17.4. The average Bonchev–Trinajstić information content (AvgIpc) is 3.25. The van der Waals surface area contributed by atoms with Crippen LogP contribution in [0.3, 0.4) is 0 Å². The topological polar surface area (TPSA) is 121 Å². The third-order valence-corrected chi connectivity index (χ3v) is 8.17. The third kappa shape index (κ3) is 4.82. The fraction of sp³-hybridized carbons (Fsp3) is 0.296. The molecule has 1 saturated heterocycles. The quantitative estimate of drug-likeness (QED) is 0.472. The molecule has 1 amide bonds. The standard InChI is InChI=1S/C27H28N4O4S/c1-35-19-11-9-18(10-12-19)30-27-31(23-24(33)22(32)14-20(26(28)34)25(23)36-27)15-16-5-7-17(8-6-16)21-4-2-3-13-29-21/h2-13,20,22-25,32-33H,14-15H2,1H3,(H2,28,34). The first-order valence-electron chi connectivity index (χ1n) is 11.8. The molecular weight excluding hydrogens is 476 g/mol. The number of carbonyl (C=O) groups excluding carboxylic acids is 1. The molecule has 0 radical (unpaired) electrons. The van der Waals surface area contributed by atoms with Crippen LogP contribution in [0, 0.1) is 5.92 Å². The maximum Gasteiger partial charge on any atom is 0.221 e. The lowest BCUT2D eigenvalue weighted by molar-refractivity contribution is -0.128. The molecule has 2 fully saturated rings. The van der Waals surface area contributed by atoms with E-state index >= 15 is 0 Å². The largest absolute Gasteiger partial charge is 0.497 e. The molecule has 9 heteroatoms. The first kappa shape index (κ1) is 24.3. The van der Waals surface area contributed by atoms with Crippen molar-refractivity contribution in [3.05, 3.63) is 78.5 Å². The van der Waals surface area contributed by atoms with E-state index in [-0.39, 0.29) is 11.7 Å². The summed E-state index contributed by atoms with van der Waals surface area (Å²) < 4.78 is 5.24.